The first-order chi connectivity index (χ1) is 13.9. The monoisotopic (exact) mass is 391 g/mol. The number of hydrogen-bond donors (Lipinski definition) is 1. The minimum atomic E-state index is -0.634. The molecule has 1 heterocycles. The van der Waals surface area contributed by atoms with Crippen LogP contribution in [0.3, 0.4) is 0 Å². The van der Waals surface area contributed by atoms with Crippen molar-refractivity contribution >= 4 is 5.91 Å². The van der Waals surface area contributed by atoms with Crippen molar-refractivity contribution in [3.63, 3.8) is 0 Å². The van der Waals surface area contributed by atoms with Crippen LogP contribution >= 0.6 is 0 Å². The highest BCUT2D eigenvalue weighted by Gasteiger charge is 2.24. The third-order valence-corrected chi connectivity index (χ3v) is 5.08. The Bertz CT molecular complexity index is 963. The van der Waals surface area contributed by atoms with Crippen molar-refractivity contribution in [3.05, 3.63) is 83.4 Å². The van der Waals surface area contributed by atoms with Crippen LogP contribution in [0.25, 0.3) is 0 Å². The van der Waals surface area contributed by atoms with Crippen molar-refractivity contribution in [2.45, 2.75) is 45.8 Å². The maximum atomic E-state index is 12.9. The maximum absolute atomic E-state index is 12.9. The quantitative estimate of drug-likeness (QED) is 0.644. The highest BCUT2D eigenvalue weighted by atomic mass is 16.5. The smallest absolute Gasteiger partial charge is 0.261 e. The van der Waals surface area contributed by atoms with Gasteiger partial charge in [-0.25, -0.2) is 4.98 Å². The standard InChI is InChI=1S/C24H29N3O2/c1-16(2)21-12-11-20(15-17(21)3)29-18(4)24(28)26-22(19-9-7-6-8-10-19)23-25-13-14-27(23)5/h6-16,18,22H,1-5H3,(H,26,28)/t18-,22-/m1/s1. The second-order valence-electron chi connectivity index (χ2n) is 7.68. The van der Waals surface area contributed by atoms with Crippen LogP contribution in [-0.2, 0) is 11.8 Å². The van der Waals surface area contributed by atoms with Crippen LogP contribution in [-0.4, -0.2) is 21.6 Å². The third kappa shape index (κ3) is 4.86. The fourth-order valence-electron chi connectivity index (χ4n) is 3.48. The lowest BCUT2D eigenvalue weighted by Gasteiger charge is -2.22. The van der Waals surface area contributed by atoms with Crippen LogP contribution in [0.5, 0.6) is 5.75 Å². The van der Waals surface area contributed by atoms with Crippen molar-refractivity contribution in [1.29, 1.82) is 0 Å². The van der Waals surface area contributed by atoms with Crippen molar-refractivity contribution in [1.82, 2.24) is 14.9 Å². The van der Waals surface area contributed by atoms with E-state index in [-0.39, 0.29) is 11.9 Å². The van der Waals surface area contributed by atoms with E-state index in [9.17, 15) is 4.79 Å². The molecule has 0 saturated heterocycles. The third-order valence-electron chi connectivity index (χ3n) is 5.08. The molecule has 29 heavy (non-hydrogen) atoms. The number of ether oxygens (including phenoxy) is 1. The van der Waals surface area contributed by atoms with Crippen LogP contribution < -0.4 is 10.1 Å². The van der Waals surface area contributed by atoms with Crippen LogP contribution in [0.15, 0.2) is 60.9 Å². The van der Waals surface area contributed by atoms with Gasteiger partial charge in [-0.3, -0.25) is 4.79 Å². The van der Waals surface area contributed by atoms with Gasteiger partial charge in [-0.15, -0.1) is 0 Å². The number of nitrogens with one attached hydrogen (secondary N) is 1. The van der Waals surface area contributed by atoms with E-state index >= 15 is 0 Å². The van der Waals surface area contributed by atoms with E-state index in [1.54, 1.807) is 13.1 Å². The van der Waals surface area contributed by atoms with Crippen molar-refractivity contribution in [2.24, 2.45) is 7.05 Å². The van der Waals surface area contributed by atoms with E-state index in [0.29, 0.717) is 11.7 Å². The van der Waals surface area contributed by atoms with Gasteiger partial charge in [0.2, 0.25) is 0 Å². The minimum absolute atomic E-state index is 0.188. The maximum Gasteiger partial charge on any atom is 0.261 e. The first kappa shape index (κ1) is 20.6. The molecule has 3 aromatic rings. The van der Waals surface area contributed by atoms with Crippen LogP contribution in [0.2, 0.25) is 0 Å². The average molecular weight is 392 g/mol. The Hall–Kier alpha value is -3.08. The SMILES string of the molecule is Cc1cc(O[C@H](C)C(=O)N[C@H](c2ccccc2)c2nccn2C)ccc1C(C)C. The molecule has 0 unspecified atom stereocenters. The molecule has 152 valence electrons. The predicted molar refractivity (Wildman–Crippen MR) is 115 cm³/mol. The van der Waals surface area contributed by atoms with Gasteiger partial charge in [0.05, 0.1) is 0 Å². The normalized spacial score (nSPS) is 13.2. The lowest BCUT2D eigenvalue weighted by atomic mass is 9.98. The Morgan fingerprint density at radius 1 is 1.10 bits per heavy atom. The topological polar surface area (TPSA) is 56.1 Å². The summed E-state index contributed by atoms with van der Waals surface area (Å²) in [6.45, 7) is 8.17. The van der Waals surface area contributed by atoms with E-state index in [4.69, 9.17) is 4.74 Å². The first-order valence-electron chi connectivity index (χ1n) is 9.96. The number of hydrogen-bond acceptors (Lipinski definition) is 3. The zero-order chi connectivity index (χ0) is 21.0. The Morgan fingerprint density at radius 2 is 1.83 bits per heavy atom. The summed E-state index contributed by atoms with van der Waals surface area (Å²) in [7, 11) is 1.92. The highest BCUT2D eigenvalue weighted by molar-refractivity contribution is 5.81. The van der Waals surface area contributed by atoms with Crippen LogP contribution in [0.1, 0.15) is 55.2 Å². The fourth-order valence-corrected chi connectivity index (χ4v) is 3.48. The molecular weight excluding hydrogens is 362 g/mol. The van der Waals surface area contributed by atoms with E-state index in [1.165, 1.54) is 11.1 Å². The van der Waals surface area contributed by atoms with Crippen molar-refractivity contribution < 1.29 is 9.53 Å². The number of aryl methyl sites for hydroxylation is 2. The van der Waals surface area contributed by atoms with Gasteiger partial charge in [0.25, 0.3) is 5.91 Å². The van der Waals surface area contributed by atoms with E-state index in [0.717, 1.165) is 11.4 Å². The number of amides is 1. The molecule has 0 aliphatic rings. The minimum Gasteiger partial charge on any atom is -0.481 e. The van der Waals surface area contributed by atoms with Gasteiger partial charge in [-0.05, 0) is 48.6 Å². The van der Waals surface area contributed by atoms with Gasteiger partial charge >= 0.3 is 0 Å². The first-order valence-corrected chi connectivity index (χ1v) is 9.96. The van der Waals surface area contributed by atoms with E-state index < -0.39 is 6.10 Å². The fraction of sp³-hybridized carbons (Fsp3) is 0.333. The second-order valence-corrected chi connectivity index (χ2v) is 7.68. The van der Waals surface area contributed by atoms with Gasteiger partial charge in [-0.1, -0.05) is 50.2 Å². The lowest BCUT2D eigenvalue weighted by molar-refractivity contribution is -0.127. The molecule has 0 aliphatic heterocycles. The molecule has 0 radical (unpaired) electrons. The zero-order valence-electron chi connectivity index (χ0n) is 17.7. The zero-order valence-corrected chi connectivity index (χ0v) is 17.7. The molecule has 0 saturated carbocycles. The predicted octanol–water partition coefficient (Wildman–Crippen LogP) is 4.53. The Balaban J connectivity index is 1.76. The van der Waals surface area contributed by atoms with E-state index in [1.807, 2.05) is 60.3 Å². The molecule has 1 N–H and O–H groups in total. The van der Waals surface area contributed by atoms with Crippen LogP contribution in [0.4, 0.5) is 0 Å². The molecule has 0 spiro atoms. The lowest BCUT2D eigenvalue weighted by Crippen LogP contribution is -2.39. The van der Waals surface area contributed by atoms with Gasteiger partial charge < -0.3 is 14.6 Å². The van der Waals surface area contributed by atoms with Crippen molar-refractivity contribution in [2.75, 3.05) is 0 Å². The van der Waals surface area contributed by atoms with Crippen molar-refractivity contribution in [3.8, 4) is 5.75 Å². The Kier molecular flexibility index (Phi) is 6.37. The molecule has 5 nitrogen and oxygen atoms in total. The Morgan fingerprint density at radius 3 is 2.41 bits per heavy atom. The molecule has 2 aromatic carbocycles. The molecule has 0 bridgehead atoms. The van der Waals surface area contributed by atoms with Gasteiger partial charge in [0.1, 0.15) is 17.6 Å². The van der Waals surface area contributed by atoms with Gasteiger partial charge in [0.15, 0.2) is 6.10 Å². The number of imidazole rings is 1. The number of nitrogens with zero attached hydrogens (tertiary/aromatic N) is 2. The molecule has 0 fully saturated rings. The average Bonchev–Trinajstić information content (AvgIpc) is 3.12. The molecule has 0 aliphatic carbocycles. The number of carbonyl (C=O) groups is 1. The molecule has 1 amide bonds. The van der Waals surface area contributed by atoms with Gasteiger partial charge in [-0.2, -0.15) is 0 Å². The van der Waals surface area contributed by atoms with Crippen LogP contribution in [0, 0.1) is 6.92 Å². The number of aromatic nitrogens is 2. The molecule has 2 atom stereocenters. The summed E-state index contributed by atoms with van der Waals surface area (Å²) in [5.74, 6) is 1.73. The summed E-state index contributed by atoms with van der Waals surface area (Å²) >= 11 is 0. The summed E-state index contributed by atoms with van der Waals surface area (Å²) in [6.07, 6.45) is 2.97. The largest absolute Gasteiger partial charge is 0.481 e. The molecule has 5 heteroatoms. The molecule has 1 aromatic heterocycles. The highest BCUT2D eigenvalue weighted by Crippen LogP contribution is 2.25. The second kappa shape index (κ2) is 8.95. The number of rotatable bonds is 7. The summed E-state index contributed by atoms with van der Waals surface area (Å²) in [4.78, 5) is 17.4. The molecular formula is C24H29N3O2. The summed E-state index contributed by atoms with van der Waals surface area (Å²) in [5, 5.41) is 3.09. The summed E-state index contributed by atoms with van der Waals surface area (Å²) in [6, 6.07) is 15.5. The number of carbonyl (C=O) groups excluding carboxylic acids is 1. The summed E-state index contributed by atoms with van der Waals surface area (Å²) < 4.78 is 7.85. The number of benzene rings is 2. The van der Waals surface area contributed by atoms with Gasteiger partial charge in [0, 0.05) is 19.4 Å². The molecule has 3 rings (SSSR count). The Labute approximate surface area is 172 Å². The summed E-state index contributed by atoms with van der Waals surface area (Å²) in [5.41, 5.74) is 3.42. The van der Waals surface area contributed by atoms with E-state index in [2.05, 4.69) is 37.1 Å².